The molecule has 0 aliphatic heterocycles. The van der Waals surface area contributed by atoms with Crippen LogP contribution >= 0.6 is 15.9 Å². The highest BCUT2D eigenvalue weighted by atomic mass is 79.9. The third-order valence-electron chi connectivity index (χ3n) is 3.76. The molecule has 1 aromatic rings. The van der Waals surface area contributed by atoms with Gasteiger partial charge in [0.2, 0.25) is 0 Å². The topological polar surface area (TPSA) is 37.3 Å². The second-order valence-electron chi connectivity index (χ2n) is 4.89. The van der Waals surface area contributed by atoms with Gasteiger partial charge in [-0.15, -0.1) is 0 Å². The van der Waals surface area contributed by atoms with Gasteiger partial charge in [0.1, 0.15) is 5.94 Å². The zero-order valence-electron chi connectivity index (χ0n) is 10.4. The number of rotatable bonds is 3. The first kappa shape index (κ1) is 13.5. The number of hydrogen-bond donors (Lipinski definition) is 1. The molecule has 0 radical (unpaired) electrons. The van der Waals surface area contributed by atoms with Gasteiger partial charge in [0.15, 0.2) is 0 Å². The average Bonchev–Trinajstić information content (AvgIpc) is 2.70. The van der Waals surface area contributed by atoms with E-state index in [1.807, 2.05) is 12.0 Å². The predicted octanol–water partition coefficient (Wildman–Crippen LogP) is 3.25. The van der Waals surface area contributed by atoms with E-state index < -0.39 is 0 Å². The molecule has 2 rings (SSSR count). The summed E-state index contributed by atoms with van der Waals surface area (Å²) in [6.07, 6.45) is 3.64. The number of allylic oxidation sites excluding steroid dienone is 1. The third-order valence-corrected chi connectivity index (χ3v) is 4.25. The standard InChI is InChI=1S/C15H17BrO2/c1-2-11-3-4-12(16)9-13(11)14-7-10(5-6-17)8-15(14)18/h3-5,9-10,14-15,18H,2,7-8H2,1H3. The molecule has 3 heteroatoms. The lowest BCUT2D eigenvalue weighted by Crippen LogP contribution is -2.12. The summed E-state index contributed by atoms with van der Waals surface area (Å²) in [5.74, 6) is 2.14. The van der Waals surface area contributed by atoms with Gasteiger partial charge in [0, 0.05) is 16.5 Å². The summed E-state index contributed by atoms with van der Waals surface area (Å²) in [7, 11) is 0. The zero-order chi connectivity index (χ0) is 13.1. The number of hydrogen-bond acceptors (Lipinski definition) is 2. The van der Waals surface area contributed by atoms with Crippen molar-refractivity contribution in [2.75, 3.05) is 0 Å². The second kappa shape index (κ2) is 5.83. The van der Waals surface area contributed by atoms with E-state index in [9.17, 15) is 9.90 Å². The molecule has 3 atom stereocenters. The van der Waals surface area contributed by atoms with Gasteiger partial charge in [0.25, 0.3) is 0 Å². The fourth-order valence-electron chi connectivity index (χ4n) is 2.85. The largest absolute Gasteiger partial charge is 0.392 e. The van der Waals surface area contributed by atoms with Crippen molar-refractivity contribution in [3.05, 3.63) is 39.9 Å². The van der Waals surface area contributed by atoms with Gasteiger partial charge in [-0.05, 0) is 48.4 Å². The molecule has 1 N–H and O–H groups in total. The lowest BCUT2D eigenvalue weighted by molar-refractivity contribution is 0.161. The summed E-state index contributed by atoms with van der Waals surface area (Å²) >= 11 is 3.49. The normalized spacial score (nSPS) is 26.9. The van der Waals surface area contributed by atoms with Gasteiger partial charge < -0.3 is 5.11 Å². The van der Waals surface area contributed by atoms with Crippen molar-refractivity contribution in [1.82, 2.24) is 0 Å². The minimum absolute atomic E-state index is 0.132. The van der Waals surface area contributed by atoms with Crippen LogP contribution in [-0.4, -0.2) is 17.2 Å². The van der Waals surface area contributed by atoms with E-state index in [0.29, 0.717) is 6.42 Å². The van der Waals surface area contributed by atoms with Crippen LogP contribution in [0.3, 0.4) is 0 Å². The van der Waals surface area contributed by atoms with Gasteiger partial charge >= 0.3 is 0 Å². The number of aryl methyl sites for hydroxylation is 1. The first-order chi connectivity index (χ1) is 8.65. The Morgan fingerprint density at radius 3 is 2.94 bits per heavy atom. The second-order valence-corrected chi connectivity index (χ2v) is 5.80. The van der Waals surface area contributed by atoms with Crippen LogP contribution in [0.5, 0.6) is 0 Å². The first-order valence-corrected chi connectivity index (χ1v) is 7.12. The van der Waals surface area contributed by atoms with Crippen molar-refractivity contribution < 1.29 is 9.90 Å². The first-order valence-electron chi connectivity index (χ1n) is 6.33. The SMILES string of the molecule is CCc1ccc(Br)cc1C1CC(C=C=O)CC1O. The van der Waals surface area contributed by atoms with E-state index in [2.05, 4.69) is 35.0 Å². The predicted molar refractivity (Wildman–Crippen MR) is 75.3 cm³/mol. The van der Waals surface area contributed by atoms with Crippen LogP contribution in [0, 0.1) is 5.92 Å². The Labute approximate surface area is 116 Å². The Hall–Kier alpha value is -0.890. The van der Waals surface area contributed by atoms with Crippen molar-refractivity contribution in [3.8, 4) is 0 Å². The molecular formula is C15H17BrO2. The van der Waals surface area contributed by atoms with Crippen LogP contribution < -0.4 is 0 Å². The molecule has 0 bridgehead atoms. The molecule has 0 aromatic heterocycles. The van der Waals surface area contributed by atoms with Crippen molar-refractivity contribution in [3.63, 3.8) is 0 Å². The van der Waals surface area contributed by atoms with Gasteiger partial charge in [-0.25, -0.2) is 4.79 Å². The molecule has 96 valence electrons. The summed E-state index contributed by atoms with van der Waals surface area (Å²) in [4.78, 5) is 10.4. The van der Waals surface area contributed by atoms with Crippen molar-refractivity contribution in [2.24, 2.45) is 5.92 Å². The minimum atomic E-state index is -0.362. The molecule has 18 heavy (non-hydrogen) atoms. The molecule has 0 spiro atoms. The smallest absolute Gasteiger partial charge is 0.120 e. The van der Waals surface area contributed by atoms with E-state index >= 15 is 0 Å². The number of aliphatic hydroxyl groups is 1. The Morgan fingerprint density at radius 1 is 1.50 bits per heavy atom. The Kier molecular flexibility index (Phi) is 4.39. The van der Waals surface area contributed by atoms with E-state index in [1.54, 1.807) is 6.08 Å². The van der Waals surface area contributed by atoms with Gasteiger partial charge in [-0.3, -0.25) is 0 Å². The number of benzene rings is 1. The Morgan fingerprint density at radius 2 is 2.28 bits per heavy atom. The van der Waals surface area contributed by atoms with Crippen molar-refractivity contribution >= 4 is 21.9 Å². The fraction of sp³-hybridized carbons (Fsp3) is 0.467. The van der Waals surface area contributed by atoms with Crippen LogP contribution in [0.15, 0.2) is 28.7 Å². The number of aliphatic hydroxyl groups excluding tert-OH is 1. The highest BCUT2D eigenvalue weighted by molar-refractivity contribution is 9.10. The maximum absolute atomic E-state index is 10.4. The summed E-state index contributed by atoms with van der Waals surface area (Å²) in [5, 5.41) is 10.2. The maximum Gasteiger partial charge on any atom is 0.120 e. The molecule has 0 heterocycles. The van der Waals surface area contributed by atoms with E-state index in [1.165, 1.54) is 11.1 Å². The zero-order valence-corrected chi connectivity index (χ0v) is 12.0. The van der Waals surface area contributed by atoms with Crippen molar-refractivity contribution in [2.45, 2.75) is 38.2 Å². The molecule has 1 aliphatic rings. The molecule has 0 amide bonds. The molecule has 2 nitrogen and oxygen atoms in total. The van der Waals surface area contributed by atoms with E-state index in [-0.39, 0.29) is 17.9 Å². The molecule has 1 fully saturated rings. The molecule has 1 aromatic carbocycles. The molecule has 0 saturated heterocycles. The van der Waals surface area contributed by atoms with Crippen LogP contribution in [0.1, 0.15) is 36.8 Å². The van der Waals surface area contributed by atoms with Crippen LogP contribution in [0.2, 0.25) is 0 Å². The summed E-state index contributed by atoms with van der Waals surface area (Å²) < 4.78 is 1.04. The summed E-state index contributed by atoms with van der Waals surface area (Å²) in [5.41, 5.74) is 2.49. The average molecular weight is 309 g/mol. The van der Waals surface area contributed by atoms with Crippen LogP contribution in [0.4, 0.5) is 0 Å². The fourth-order valence-corrected chi connectivity index (χ4v) is 3.23. The number of carbonyl (C=O) groups excluding carboxylic acids is 1. The van der Waals surface area contributed by atoms with E-state index in [4.69, 9.17) is 0 Å². The highest BCUT2D eigenvalue weighted by Crippen LogP contribution is 2.41. The maximum atomic E-state index is 10.4. The van der Waals surface area contributed by atoms with Crippen LogP contribution in [-0.2, 0) is 11.2 Å². The van der Waals surface area contributed by atoms with E-state index in [0.717, 1.165) is 17.3 Å². The monoisotopic (exact) mass is 308 g/mol. The molecule has 3 unspecified atom stereocenters. The molecule has 1 aliphatic carbocycles. The van der Waals surface area contributed by atoms with Crippen LogP contribution in [0.25, 0.3) is 0 Å². The van der Waals surface area contributed by atoms with Gasteiger partial charge in [-0.1, -0.05) is 28.9 Å². The minimum Gasteiger partial charge on any atom is -0.392 e. The quantitative estimate of drug-likeness (QED) is 0.870. The molecular weight excluding hydrogens is 292 g/mol. The van der Waals surface area contributed by atoms with Crippen molar-refractivity contribution in [1.29, 1.82) is 0 Å². The van der Waals surface area contributed by atoms with Gasteiger partial charge in [-0.2, -0.15) is 0 Å². The third kappa shape index (κ3) is 2.74. The van der Waals surface area contributed by atoms with Gasteiger partial charge in [0.05, 0.1) is 6.10 Å². The Balaban J connectivity index is 2.31. The summed E-state index contributed by atoms with van der Waals surface area (Å²) in [6, 6.07) is 6.24. The lowest BCUT2D eigenvalue weighted by atomic mass is 9.90. The number of halogens is 1. The lowest BCUT2D eigenvalue weighted by Gasteiger charge is -2.18. The Bertz CT molecular complexity index is 477. The highest BCUT2D eigenvalue weighted by Gasteiger charge is 2.34. The molecule has 1 saturated carbocycles. The summed E-state index contributed by atoms with van der Waals surface area (Å²) in [6.45, 7) is 2.12.